The van der Waals surface area contributed by atoms with E-state index < -0.39 is 6.16 Å². The van der Waals surface area contributed by atoms with Gasteiger partial charge in [-0.3, -0.25) is 0 Å². The molecule has 0 aromatic heterocycles. The Labute approximate surface area is 138 Å². The summed E-state index contributed by atoms with van der Waals surface area (Å²) < 4.78 is 5.01. The second-order valence-corrected chi connectivity index (χ2v) is 6.29. The summed E-state index contributed by atoms with van der Waals surface area (Å²) in [6.45, 7) is 6.17. The van der Waals surface area contributed by atoms with Gasteiger partial charge >= 0.3 is 6.16 Å². The zero-order valence-electron chi connectivity index (χ0n) is 14.4. The number of hydrogen-bond acceptors (Lipinski definition) is 3. The molecule has 0 unspecified atom stereocenters. The van der Waals surface area contributed by atoms with Crippen LogP contribution in [0.4, 0.5) is 4.79 Å². The first-order chi connectivity index (χ1) is 11.0. The summed E-state index contributed by atoms with van der Waals surface area (Å²) in [7, 11) is 0. The van der Waals surface area contributed by atoms with E-state index in [2.05, 4.69) is 13.8 Å². The Morgan fingerprint density at radius 3 is 2.04 bits per heavy atom. The molecule has 0 radical (unpaired) electrons. The van der Waals surface area contributed by atoms with Crippen molar-refractivity contribution >= 4 is 6.16 Å². The molecule has 4 heteroatoms. The Kier molecular flexibility index (Phi) is 5.91. The van der Waals surface area contributed by atoms with E-state index in [9.17, 15) is 9.90 Å². The van der Waals surface area contributed by atoms with Crippen molar-refractivity contribution in [1.82, 2.24) is 0 Å². The molecule has 2 N–H and O–H groups in total. The maximum Gasteiger partial charge on any atom is 0.511 e. The van der Waals surface area contributed by atoms with Gasteiger partial charge in [-0.1, -0.05) is 40.0 Å². The average molecular weight is 320 g/mol. The lowest BCUT2D eigenvalue weighted by atomic mass is 9.78. The molecular formula is C19H28O4. The van der Waals surface area contributed by atoms with Crippen molar-refractivity contribution in [1.29, 1.82) is 0 Å². The average Bonchev–Trinajstić information content (AvgIpc) is 2.56. The molecule has 1 aromatic carbocycles. The molecule has 1 aliphatic rings. The molecule has 128 valence electrons. The summed E-state index contributed by atoms with van der Waals surface area (Å²) in [5.74, 6) is 0.533. The second-order valence-electron chi connectivity index (χ2n) is 6.29. The lowest BCUT2D eigenvalue weighted by Crippen LogP contribution is -2.14. The van der Waals surface area contributed by atoms with Gasteiger partial charge in [-0.05, 0) is 49.1 Å². The van der Waals surface area contributed by atoms with Gasteiger partial charge in [0.2, 0.25) is 0 Å². The number of aromatic hydroxyl groups is 1. The molecule has 4 nitrogen and oxygen atoms in total. The maximum absolute atomic E-state index is 11.1. The van der Waals surface area contributed by atoms with Gasteiger partial charge in [0.1, 0.15) is 0 Å². The zero-order chi connectivity index (χ0) is 17.0. The first-order valence-electron chi connectivity index (χ1n) is 8.85. The van der Waals surface area contributed by atoms with E-state index in [1.165, 1.54) is 24.8 Å². The second kappa shape index (κ2) is 7.71. The van der Waals surface area contributed by atoms with Gasteiger partial charge in [0.25, 0.3) is 0 Å². The molecule has 0 spiro atoms. The lowest BCUT2D eigenvalue weighted by Gasteiger charge is -2.29. The highest BCUT2D eigenvalue weighted by atomic mass is 16.7. The van der Waals surface area contributed by atoms with E-state index in [4.69, 9.17) is 9.84 Å². The van der Waals surface area contributed by atoms with Crippen LogP contribution in [0.5, 0.6) is 11.5 Å². The number of phenols is 1. The molecule has 0 bridgehead atoms. The van der Waals surface area contributed by atoms with E-state index in [1.807, 2.05) is 6.92 Å². The molecule has 23 heavy (non-hydrogen) atoms. The number of hydrogen-bond donors (Lipinski definition) is 2. The van der Waals surface area contributed by atoms with E-state index in [0.717, 1.165) is 42.4 Å². The van der Waals surface area contributed by atoms with Crippen LogP contribution in [0.2, 0.25) is 0 Å². The van der Waals surface area contributed by atoms with Crippen LogP contribution >= 0.6 is 0 Å². The van der Waals surface area contributed by atoms with Crippen molar-refractivity contribution in [3.05, 3.63) is 22.3 Å². The van der Waals surface area contributed by atoms with Gasteiger partial charge < -0.3 is 14.9 Å². The zero-order valence-corrected chi connectivity index (χ0v) is 14.4. The molecule has 1 saturated carbocycles. The fraction of sp³-hybridized carbons (Fsp3) is 0.632. The van der Waals surface area contributed by atoms with Gasteiger partial charge in [-0.2, -0.15) is 0 Å². The van der Waals surface area contributed by atoms with Gasteiger partial charge in [0.05, 0.1) is 0 Å². The summed E-state index contributed by atoms with van der Waals surface area (Å²) in [5, 5.41) is 19.9. The van der Waals surface area contributed by atoms with Crippen LogP contribution in [-0.2, 0) is 19.3 Å². The maximum atomic E-state index is 11.1. The van der Waals surface area contributed by atoms with Gasteiger partial charge in [0.15, 0.2) is 11.5 Å². The van der Waals surface area contributed by atoms with Crippen LogP contribution in [-0.4, -0.2) is 16.4 Å². The standard InChI is InChI=1S/C19H28O4/c1-4-13-14(5-2)16(12-10-8-7-9-11-12)17(20)18(15(13)6-3)23-19(21)22/h12,20H,4-11H2,1-3H3,(H,21,22). The summed E-state index contributed by atoms with van der Waals surface area (Å²) in [6.07, 6.45) is 6.64. The minimum Gasteiger partial charge on any atom is -0.504 e. The monoisotopic (exact) mass is 320 g/mol. The van der Waals surface area contributed by atoms with Crippen molar-refractivity contribution in [2.45, 2.75) is 78.1 Å². The Morgan fingerprint density at radius 1 is 1.00 bits per heavy atom. The molecule has 0 aliphatic heterocycles. The Balaban J connectivity index is 2.69. The molecule has 0 amide bonds. The summed E-state index contributed by atoms with van der Waals surface area (Å²) in [5.41, 5.74) is 4.14. The highest BCUT2D eigenvalue weighted by molar-refractivity contribution is 5.68. The Morgan fingerprint density at radius 2 is 1.57 bits per heavy atom. The molecule has 0 atom stereocenters. The molecule has 1 aliphatic carbocycles. The topological polar surface area (TPSA) is 66.8 Å². The SMILES string of the molecule is CCc1c(CC)c(OC(=O)O)c(O)c(C2CCCCC2)c1CC. The van der Waals surface area contributed by atoms with Crippen molar-refractivity contribution < 1.29 is 19.7 Å². The molecule has 1 aromatic rings. The highest BCUT2D eigenvalue weighted by Crippen LogP contribution is 2.47. The van der Waals surface area contributed by atoms with Crippen LogP contribution in [0.1, 0.15) is 81.0 Å². The number of phenolic OH excluding ortho intramolecular Hbond substituents is 1. The third-order valence-corrected chi connectivity index (χ3v) is 5.06. The van der Waals surface area contributed by atoms with Crippen molar-refractivity contribution in [2.75, 3.05) is 0 Å². The molecule has 2 rings (SSSR count). The Hall–Kier alpha value is -1.71. The van der Waals surface area contributed by atoms with E-state index >= 15 is 0 Å². The van der Waals surface area contributed by atoms with Crippen LogP contribution in [0, 0.1) is 0 Å². The first-order valence-corrected chi connectivity index (χ1v) is 8.85. The number of carbonyl (C=O) groups is 1. The number of benzene rings is 1. The van der Waals surface area contributed by atoms with Gasteiger partial charge in [-0.25, -0.2) is 4.79 Å². The molecule has 0 saturated heterocycles. The first kappa shape index (κ1) is 17.6. The fourth-order valence-electron chi connectivity index (χ4n) is 4.12. The molecule has 0 heterocycles. The normalized spacial score (nSPS) is 15.6. The van der Waals surface area contributed by atoms with E-state index in [-0.39, 0.29) is 11.5 Å². The van der Waals surface area contributed by atoms with E-state index in [1.54, 1.807) is 0 Å². The van der Waals surface area contributed by atoms with Crippen molar-refractivity contribution in [2.24, 2.45) is 0 Å². The molecular weight excluding hydrogens is 292 g/mol. The van der Waals surface area contributed by atoms with Crippen LogP contribution in [0.3, 0.4) is 0 Å². The Bertz CT molecular complexity index is 571. The molecule has 1 fully saturated rings. The number of rotatable bonds is 5. The minimum absolute atomic E-state index is 0.0604. The third-order valence-electron chi connectivity index (χ3n) is 5.06. The largest absolute Gasteiger partial charge is 0.511 e. The summed E-state index contributed by atoms with van der Waals surface area (Å²) in [6, 6.07) is 0. The number of carboxylic acid groups (broad SMARTS) is 1. The van der Waals surface area contributed by atoms with Gasteiger partial charge in [0, 0.05) is 11.1 Å². The van der Waals surface area contributed by atoms with E-state index in [0.29, 0.717) is 12.3 Å². The predicted molar refractivity (Wildman–Crippen MR) is 90.7 cm³/mol. The van der Waals surface area contributed by atoms with Crippen LogP contribution in [0.15, 0.2) is 0 Å². The summed E-state index contributed by atoms with van der Waals surface area (Å²) >= 11 is 0. The van der Waals surface area contributed by atoms with Gasteiger partial charge in [-0.15, -0.1) is 0 Å². The van der Waals surface area contributed by atoms with Crippen molar-refractivity contribution in [3.8, 4) is 11.5 Å². The van der Waals surface area contributed by atoms with Crippen LogP contribution < -0.4 is 4.74 Å². The van der Waals surface area contributed by atoms with Crippen LogP contribution in [0.25, 0.3) is 0 Å². The summed E-state index contributed by atoms with van der Waals surface area (Å²) in [4.78, 5) is 11.1. The fourth-order valence-corrected chi connectivity index (χ4v) is 4.12. The van der Waals surface area contributed by atoms with Crippen molar-refractivity contribution in [3.63, 3.8) is 0 Å². The quantitative estimate of drug-likeness (QED) is 0.579. The predicted octanol–water partition coefficient (Wildman–Crippen LogP) is 5.18. The third kappa shape index (κ3) is 3.46. The lowest BCUT2D eigenvalue weighted by molar-refractivity contribution is 0.142. The smallest absolute Gasteiger partial charge is 0.504 e. The highest BCUT2D eigenvalue weighted by Gasteiger charge is 2.29. The number of ether oxygens (including phenoxy) is 1. The minimum atomic E-state index is -1.36.